The first-order valence-corrected chi connectivity index (χ1v) is 5.00. The number of carbonyl (C=O) groups excluding carboxylic acids is 1. The Morgan fingerprint density at radius 3 is 3.21 bits per heavy atom. The molecule has 1 aliphatic rings. The van der Waals surface area contributed by atoms with Crippen LogP contribution in [0.25, 0.3) is 0 Å². The monoisotopic (exact) mass is 215 g/mol. The fourth-order valence-corrected chi connectivity index (χ4v) is 1.50. The molecule has 1 amide bonds. The van der Waals surface area contributed by atoms with Gasteiger partial charge in [0.15, 0.2) is 6.10 Å². The maximum Gasteiger partial charge on any atom is 0.257 e. The maximum absolute atomic E-state index is 11.5. The second-order valence-corrected chi connectivity index (χ2v) is 3.50. The third kappa shape index (κ3) is 2.25. The van der Waals surface area contributed by atoms with E-state index >= 15 is 0 Å². The van der Waals surface area contributed by atoms with Gasteiger partial charge in [-0.3, -0.25) is 10.1 Å². The first-order chi connectivity index (χ1) is 6.86. The second kappa shape index (κ2) is 4.45. The molecular formula is C7H9N3O3S. The molecular weight excluding hydrogens is 206 g/mol. The fraction of sp³-hybridized carbons (Fsp3) is 0.571. The maximum atomic E-state index is 11.5. The number of aromatic nitrogens is 2. The van der Waals surface area contributed by atoms with Gasteiger partial charge in [0, 0.05) is 0 Å². The summed E-state index contributed by atoms with van der Waals surface area (Å²) in [4.78, 5) is 11.5. The Morgan fingerprint density at radius 2 is 2.57 bits per heavy atom. The van der Waals surface area contributed by atoms with Gasteiger partial charge < -0.3 is 9.47 Å². The molecule has 2 rings (SSSR count). The van der Waals surface area contributed by atoms with Crippen LogP contribution in [0.4, 0.5) is 5.13 Å². The average Bonchev–Trinajstić information content (AvgIpc) is 2.72. The van der Waals surface area contributed by atoms with Crippen LogP contribution in [0.2, 0.25) is 0 Å². The van der Waals surface area contributed by atoms with Gasteiger partial charge in [0.2, 0.25) is 5.13 Å². The van der Waals surface area contributed by atoms with E-state index in [1.165, 1.54) is 11.3 Å². The zero-order valence-corrected chi connectivity index (χ0v) is 8.12. The highest BCUT2D eigenvalue weighted by atomic mass is 32.1. The Kier molecular flexibility index (Phi) is 3.02. The van der Waals surface area contributed by atoms with Crippen molar-refractivity contribution in [3.63, 3.8) is 0 Å². The van der Waals surface area contributed by atoms with Gasteiger partial charge in [0.25, 0.3) is 5.91 Å². The van der Waals surface area contributed by atoms with Crippen molar-refractivity contribution in [1.82, 2.24) is 10.2 Å². The largest absolute Gasteiger partial charge is 0.376 e. The molecule has 1 N–H and O–H groups in total. The predicted molar refractivity (Wildman–Crippen MR) is 49.1 cm³/mol. The minimum atomic E-state index is -0.535. The van der Waals surface area contributed by atoms with Crippen molar-refractivity contribution in [3.8, 4) is 0 Å². The van der Waals surface area contributed by atoms with Crippen molar-refractivity contribution < 1.29 is 14.3 Å². The minimum Gasteiger partial charge on any atom is -0.376 e. The molecule has 0 aliphatic carbocycles. The lowest BCUT2D eigenvalue weighted by Gasteiger charge is -2.21. The number of ether oxygens (including phenoxy) is 2. The molecule has 1 aliphatic heterocycles. The molecule has 14 heavy (non-hydrogen) atoms. The van der Waals surface area contributed by atoms with Crippen LogP contribution in [0.5, 0.6) is 0 Å². The summed E-state index contributed by atoms with van der Waals surface area (Å²) in [6.07, 6.45) is -0.535. The van der Waals surface area contributed by atoms with Gasteiger partial charge in [0.1, 0.15) is 5.51 Å². The third-order valence-electron chi connectivity index (χ3n) is 1.70. The van der Waals surface area contributed by atoms with Crippen molar-refractivity contribution in [3.05, 3.63) is 5.51 Å². The molecule has 1 saturated heterocycles. The number of rotatable bonds is 2. The van der Waals surface area contributed by atoms with E-state index in [4.69, 9.17) is 9.47 Å². The normalized spacial score (nSPS) is 21.9. The molecule has 0 spiro atoms. The molecule has 1 atom stereocenters. The summed E-state index contributed by atoms with van der Waals surface area (Å²) in [5, 5.41) is 10.4. The fourth-order valence-electron chi connectivity index (χ4n) is 1.05. The van der Waals surface area contributed by atoms with Gasteiger partial charge in [-0.1, -0.05) is 11.3 Å². The zero-order valence-electron chi connectivity index (χ0n) is 7.30. The van der Waals surface area contributed by atoms with Gasteiger partial charge >= 0.3 is 0 Å². The van der Waals surface area contributed by atoms with Crippen LogP contribution in [0.15, 0.2) is 5.51 Å². The number of carbonyl (C=O) groups is 1. The number of hydrogen-bond acceptors (Lipinski definition) is 6. The second-order valence-electron chi connectivity index (χ2n) is 2.67. The van der Waals surface area contributed by atoms with Crippen LogP contribution in [0, 0.1) is 0 Å². The summed E-state index contributed by atoms with van der Waals surface area (Å²) in [5.41, 5.74) is 1.55. The molecule has 76 valence electrons. The summed E-state index contributed by atoms with van der Waals surface area (Å²) in [6.45, 7) is 1.29. The Labute approximate surface area is 84.2 Å². The van der Waals surface area contributed by atoms with Gasteiger partial charge in [-0.05, 0) is 0 Å². The summed E-state index contributed by atoms with van der Waals surface area (Å²) in [7, 11) is 0. The minimum absolute atomic E-state index is 0.235. The van der Waals surface area contributed by atoms with E-state index in [2.05, 4.69) is 15.5 Å². The first-order valence-electron chi connectivity index (χ1n) is 4.12. The number of nitrogens with one attached hydrogen (secondary N) is 1. The summed E-state index contributed by atoms with van der Waals surface area (Å²) < 4.78 is 10.3. The number of anilines is 1. The standard InChI is InChI=1S/C7H9N3O3S/c11-6(5-3-12-1-2-13-5)9-7-10-8-4-14-7/h4-5H,1-3H2,(H,9,10,11)/t5-/m1/s1. The number of hydrogen-bond donors (Lipinski definition) is 1. The van der Waals surface area contributed by atoms with Crippen LogP contribution >= 0.6 is 11.3 Å². The molecule has 1 aromatic heterocycles. The van der Waals surface area contributed by atoms with E-state index < -0.39 is 6.10 Å². The van der Waals surface area contributed by atoms with Crippen LogP contribution in [-0.4, -0.2) is 42.0 Å². The van der Waals surface area contributed by atoms with Crippen LogP contribution in [-0.2, 0) is 14.3 Å². The predicted octanol–water partition coefficient (Wildman–Crippen LogP) is -0.108. The first kappa shape index (κ1) is 9.50. The van der Waals surface area contributed by atoms with Gasteiger partial charge in [-0.15, -0.1) is 10.2 Å². The molecule has 1 fully saturated rings. The van der Waals surface area contributed by atoms with Crippen molar-refractivity contribution in [2.24, 2.45) is 0 Å². The average molecular weight is 215 g/mol. The van der Waals surface area contributed by atoms with E-state index in [-0.39, 0.29) is 5.91 Å². The lowest BCUT2D eigenvalue weighted by Crippen LogP contribution is -2.39. The number of amides is 1. The molecule has 0 bridgehead atoms. The summed E-state index contributed by atoms with van der Waals surface area (Å²) >= 11 is 1.26. The highest BCUT2D eigenvalue weighted by molar-refractivity contribution is 7.13. The zero-order chi connectivity index (χ0) is 9.80. The van der Waals surface area contributed by atoms with Crippen molar-refractivity contribution in [1.29, 1.82) is 0 Å². The van der Waals surface area contributed by atoms with Crippen molar-refractivity contribution in [2.75, 3.05) is 25.1 Å². The van der Waals surface area contributed by atoms with Crippen LogP contribution < -0.4 is 5.32 Å². The topological polar surface area (TPSA) is 73.3 Å². The van der Waals surface area contributed by atoms with Gasteiger partial charge in [0.05, 0.1) is 19.8 Å². The SMILES string of the molecule is O=C(Nc1nncs1)[C@H]1COCCO1. The van der Waals surface area contributed by atoms with Crippen molar-refractivity contribution >= 4 is 22.4 Å². The molecule has 0 unspecified atom stereocenters. The molecule has 0 saturated carbocycles. The summed E-state index contributed by atoms with van der Waals surface area (Å²) in [6, 6.07) is 0. The number of nitrogens with zero attached hydrogens (tertiary/aromatic N) is 2. The van der Waals surface area contributed by atoms with E-state index in [0.717, 1.165) is 0 Å². The Bertz CT molecular complexity index is 297. The van der Waals surface area contributed by atoms with E-state index in [1.54, 1.807) is 5.51 Å². The molecule has 0 radical (unpaired) electrons. The van der Waals surface area contributed by atoms with Gasteiger partial charge in [-0.2, -0.15) is 0 Å². The Balaban J connectivity index is 1.88. The Morgan fingerprint density at radius 1 is 1.64 bits per heavy atom. The van der Waals surface area contributed by atoms with Crippen LogP contribution in [0.3, 0.4) is 0 Å². The van der Waals surface area contributed by atoms with E-state index in [0.29, 0.717) is 25.0 Å². The highest BCUT2D eigenvalue weighted by Crippen LogP contribution is 2.10. The molecule has 7 heteroatoms. The molecule has 0 aromatic carbocycles. The molecule has 1 aromatic rings. The molecule has 2 heterocycles. The lowest BCUT2D eigenvalue weighted by molar-refractivity contribution is -0.142. The highest BCUT2D eigenvalue weighted by Gasteiger charge is 2.23. The Hall–Kier alpha value is -1.05. The van der Waals surface area contributed by atoms with Crippen LogP contribution in [0.1, 0.15) is 0 Å². The van der Waals surface area contributed by atoms with Gasteiger partial charge in [-0.25, -0.2) is 0 Å². The third-order valence-corrected chi connectivity index (χ3v) is 2.31. The molecule has 6 nitrogen and oxygen atoms in total. The lowest BCUT2D eigenvalue weighted by atomic mass is 10.3. The smallest absolute Gasteiger partial charge is 0.257 e. The quantitative estimate of drug-likeness (QED) is 0.745. The van der Waals surface area contributed by atoms with E-state index in [9.17, 15) is 4.79 Å². The van der Waals surface area contributed by atoms with E-state index in [1.807, 2.05) is 0 Å². The van der Waals surface area contributed by atoms with Crippen molar-refractivity contribution in [2.45, 2.75) is 6.10 Å². The summed E-state index contributed by atoms with van der Waals surface area (Å²) in [5.74, 6) is -0.235.